The molecule has 0 spiro atoms. The zero-order valence-corrected chi connectivity index (χ0v) is 11.9. The van der Waals surface area contributed by atoms with Crippen molar-refractivity contribution in [1.82, 2.24) is 4.90 Å². The van der Waals surface area contributed by atoms with Gasteiger partial charge in [-0.15, -0.1) is 0 Å². The molecule has 1 aliphatic rings. The van der Waals surface area contributed by atoms with Crippen LogP contribution in [0.25, 0.3) is 0 Å². The Morgan fingerprint density at radius 1 is 1.50 bits per heavy atom. The van der Waals surface area contributed by atoms with Crippen molar-refractivity contribution in [2.45, 2.75) is 25.8 Å². The van der Waals surface area contributed by atoms with Gasteiger partial charge < -0.3 is 10.5 Å². The molecule has 0 heterocycles. The summed E-state index contributed by atoms with van der Waals surface area (Å²) in [6, 6.07) is 0. The third-order valence-corrected chi connectivity index (χ3v) is 3.66. The second-order valence-corrected chi connectivity index (χ2v) is 4.74. The van der Waals surface area contributed by atoms with Crippen molar-refractivity contribution in [3.63, 3.8) is 0 Å². The van der Waals surface area contributed by atoms with Gasteiger partial charge in [0.15, 0.2) is 0 Å². The van der Waals surface area contributed by atoms with Crippen molar-refractivity contribution in [1.29, 1.82) is 0 Å². The standard InChI is InChI=1S/C13H21ClN2O2/c1-4-16(5-2)13(14)9-10(15)7-8-11(13)12(17)18-6-3/h7-9,11H,4-6,15H2,1-3H3. The summed E-state index contributed by atoms with van der Waals surface area (Å²) in [6.07, 6.45) is 5.15. The molecular formula is C13H21ClN2O2. The van der Waals surface area contributed by atoms with Gasteiger partial charge in [0.1, 0.15) is 10.9 Å². The fourth-order valence-electron chi connectivity index (χ4n) is 2.19. The van der Waals surface area contributed by atoms with E-state index in [9.17, 15) is 4.79 Å². The van der Waals surface area contributed by atoms with Crippen LogP contribution in [0.1, 0.15) is 20.8 Å². The van der Waals surface area contributed by atoms with E-state index in [1.54, 1.807) is 25.2 Å². The van der Waals surface area contributed by atoms with Crippen LogP contribution in [0.2, 0.25) is 0 Å². The molecule has 0 radical (unpaired) electrons. The maximum atomic E-state index is 12.0. The van der Waals surface area contributed by atoms with Crippen molar-refractivity contribution in [3.05, 3.63) is 23.9 Å². The summed E-state index contributed by atoms with van der Waals surface area (Å²) in [5.41, 5.74) is 6.37. The fourth-order valence-corrected chi connectivity index (χ4v) is 2.71. The van der Waals surface area contributed by atoms with E-state index in [4.69, 9.17) is 22.1 Å². The monoisotopic (exact) mass is 272 g/mol. The quantitative estimate of drug-likeness (QED) is 0.471. The Labute approximate surface area is 113 Å². The van der Waals surface area contributed by atoms with Gasteiger partial charge in [-0.05, 0) is 32.2 Å². The first-order valence-corrected chi connectivity index (χ1v) is 6.64. The summed E-state index contributed by atoms with van der Waals surface area (Å²) in [5, 5.41) is 0. The minimum Gasteiger partial charge on any atom is -0.465 e. The van der Waals surface area contributed by atoms with Gasteiger partial charge in [0, 0.05) is 5.70 Å². The van der Waals surface area contributed by atoms with Crippen LogP contribution < -0.4 is 5.73 Å². The Bertz CT molecular complexity index is 364. The second-order valence-electron chi connectivity index (χ2n) is 4.13. The molecule has 0 saturated heterocycles. The Morgan fingerprint density at radius 3 is 2.61 bits per heavy atom. The molecule has 0 aliphatic heterocycles. The summed E-state index contributed by atoms with van der Waals surface area (Å²) in [5.74, 6) is -0.856. The Morgan fingerprint density at radius 2 is 2.11 bits per heavy atom. The van der Waals surface area contributed by atoms with Crippen LogP contribution in [0.5, 0.6) is 0 Å². The molecule has 2 unspecified atom stereocenters. The third-order valence-electron chi connectivity index (χ3n) is 3.08. The molecule has 0 saturated carbocycles. The average Bonchev–Trinajstić information content (AvgIpc) is 2.30. The van der Waals surface area contributed by atoms with Crippen LogP contribution in [0.3, 0.4) is 0 Å². The van der Waals surface area contributed by atoms with Gasteiger partial charge in [-0.25, -0.2) is 0 Å². The molecule has 2 atom stereocenters. The SMILES string of the molecule is CCOC(=O)C1C=CC(N)=CC1(Cl)N(CC)CC. The number of ether oxygens (including phenoxy) is 1. The van der Waals surface area contributed by atoms with Gasteiger partial charge in [0.05, 0.1) is 6.61 Å². The number of hydrogen-bond acceptors (Lipinski definition) is 4. The third kappa shape index (κ3) is 2.87. The van der Waals surface area contributed by atoms with E-state index in [1.807, 2.05) is 18.7 Å². The van der Waals surface area contributed by atoms with Crippen molar-refractivity contribution >= 4 is 17.6 Å². The second kappa shape index (κ2) is 6.25. The highest BCUT2D eigenvalue weighted by atomic mass is 35.5. The van der Waals surface area contributed by atoms with Crippen LogP contribution in [-0.2, 0) is 9.53 Å². The lowest BCUT2D eigenvalue weighted by Crippen LogP contribution is -2.52. The summed E-state index contributed by atoms with van der Waals surface area (Å²) in [7, 11) is 0. The van der Waals surface area contributed by atoms with E-state index in [2.05, 4.69) is 0 Å². The first-order valence-electron chi connectivity index (χ1n) is 6.26. The topological polar surface area (TPSA) is 55.6 Å². The summed E-state index contributed by atoms with van der Waals surface area (Å²) >= 11 is 6.65. The molecule has 0 aromatic rings. The van der Waals surface area contributed by atoms with E-state index in [0.29, 0.717) is 12.3 Å². The van der Waals surface area contributed by atoms with Crippen LogP contribution in [0.15, 0.2) is 23.9 Å². The van der Waals surface area contributed by atoms with E-state index < -0.39 is 10.9 Å². The first-order chi connectivity index (χ1) is 8.49. The largest absolute Gasteiger partial charge is 0.465 e. The van der Waals surface area contributed by atoms with Gasteiger partial charge in [-0.1, -0.05) is 31.5 Å². The Hall–Kier alpha value is -1.00. The van der Waals surface area contributed by atoms with Crippen LogP contribution >= 0.6 is 11.6 Å². The summed E-state index contributed by atoms with van der Waals surface area (Å²) in [4.78, 5) is 13.1. The number of allylic oxidation sites excluding steroid dienone is 1. The molecule has 1 rings (SSSR count). The Kier molecular flexibility index (Phi) is 5.23. The number of nitrogens with two attached hydrogens (primary N) is 1. The first kappa shape index (κ1) is 15.1. The summed E-state index contributed by atoms with van der Waals surface area (Å²) in [6.45, 7) is 7.58. The zero-order chi connectivity index (χ0) is 13.8. The highest BCUT2D eigenvalue weighted by Crippen LogP contribution is 2.36. The van der Waals surface area contributed by atoms with Gasteiger partial charge in [0.2, 0.25) is 0 Å². The van der Waals surface area contributed by atoms with Crippen molar-refractivity contribution in [3.8, 4) is 0 Å². The molecule has 18 heavy (non-hydrogen) atoms. The van der Waals surface area contributed by atoms with E-state index in [-0.39, 0.29) is 5.97 Å². The van der Waals surface area contributed by atoms with E-state index in [0.717, 1.165) is 13.1 Å². The average molecular weight is 273 g/mol. The zero-order valence-electron chi connectivity index (χ0n) is 11.1. The predicted molar refractivity (Wildman–Crippen MR) is 73.0 cm³/mol. The van der Waals surface area contributed by atoms with Crippen LogP contribution in [-0.4, -0.2) is 35.6 Å². The molecule has 0 fully saturated rings. The molecule has 0 amide bonds. The fraction of sp³-hybridized carbons (Fsp3) is 0.615. The van der Waals surface area contributed by atoms with Crippen molar-refractivity contribution in [2.24, 2.45) is 11.7 Å². The van der Waals surface area contributed by atoms with E-state index >= 15 is 0 Å². The normalized spacial score (nSPS) is 27.2. The highest BCUT2D eigenvalue weighted by molar-refractivity contribution is 6.26. The minimum atomic E-state index is -0.936. The number of rotatable bonds is 5. The molecule has 5 heteroatoms. The number of carbonyl (C=O) groups excluding carboxylic acids is 1. The molecular weight excluding hydrogens is 252 g/mol. The Balaban J connectivity index is 3.08. The maximum absolute atomic E-state index is 12.0. The summed E-state index contributed by atoms with van der Waals surface area (Å²) < 4.78 is 5.08. The number of hydrogen-bond donors (Lipinski definition) is 1. The number of halogens is 1. The van der Waals surface area contributed by atoms with Crippen molar-refractivity contribution in [2.75, 3.05) is 19.7 Å². The molecule has 1 aliphatic carbocycles. The lowest BCUT2D eigenvalue weighted by Gasteiger charge is -2.41. The maximum Gasteiger partial charge on any atom is 0.316 e. The van der Waals surface area contributed by atoms with Crippen LogP contribution in [0.4, 0.5) is 0 Å². The molecule has 0 aromatic heterocycles. The molecule has 0 aromatic carbocycles. The minimum absolute atomic E-state index is 0.320. The number of alkyl halides is 1. The number of likely N-dealkylation sites (N-methyl/N-ethyl adjacent to an activating group) is 1. The lowest BCUT2D eigenvalue weighted by atomic mass is 9.91. The lowest BCUT2D eigenvalue weighted by molar-refractivity contribution is -0.148. The van der Waals surface area contributed by atoms with Crippen LogP contribution in [0, 0.1) is 5.92 Å². The van der Waals surface area contributed by atoms with Gasteiger partial charge in [-0.3, -0.25) is 9.69 Å². The molecule has 4 nitrogen and oxygen atoms in total. The molecule has 0 bridgehead atoms. The molecule has 2 N–H and O–H groups in total. The number of carbonyl (C=O) groups is 1. The predicted octanol–water partition coefficient (Wildman–Crippen LogP) is 1.86. The van der Waals surface area contributed by atoms with E-state index in [1.165, 1.54) is 0 Å². The van der Waals surface area contributed by atoms with Crippen molar-refractivity contribution < 1.29 is 9.53 Å². The molecule has 102 valence electrons. The number of esters is 1. The highest BCUT2D eigenvalue weighted by Gasteiger charge is 2.44. The van der Waals surface area contributed by atoms with Gasteiger partial charge in [0.25, 0.3) is 0 Å². The number of nitrogens with zero attached hydrogens (tertiary/aromatic N) is 1. The van der Waals surface area contributed by atoms with Gasteiger partial charge in [-0.2, -0.15) is 0 Å². The smallest absolute Gasteiger partial charge is 0.316 e. The van der Waals surface area contributed by atoms with Gasteiger partial charge >= 0.3 is 5.97 Å².